The van der Waals surface area contributed by atoms with Gasteiger partial charge in [0.05, 0.1) is 0 Å². The average Bonchev–Trinajstić information content (AvgIpc) is 3.27. The van der Waals surface area contributed by atoms with Crippen LogP contribution >= 0.6 is 12.4 Å². The quantitative estimate of drug-likeness (QED) is 0.775. The van der Waals surface area contributed by atoms with E-state index in [0.29, 0.717) is 26.1 Å². The van der Waals surface area contributed by atoms with Gasteiger partial charge in [0.1, 0.15) is 5.92 Å². The van der Waals surface area contributed by atoms with E-state index in [1.807, 2.05) is 30.3 Å². The molecule has 0 saturated carbocycles. The van der Waals surface area contributed by atoms with E-state index in [1.54, 1.807) is 4.90 Å². The lowest BCUT2D eigenvalue weighted by Gasteiger charge is -2.21. The predicted molar refractivity (Wildman–Crippen MR) is 108 cm³/mol. The van der Waals surface area contributed by atoms with Crippen LogP contribution in [0.2, 0.25) is 0 Å². The van der Waals surface area contributed by atoms with Crippen molar-refractivity contribution in [2.45, 2.75) is 18.4 Å². The summed E-state index contributed by atoms with van der Waals surface area (Å²) in [5, 5.41) is 0. The molecule has 2 aliphatic rings. The molecule has 2 saturated heterocycles. The molecule has 8 heteroatoms. The van der Waals surface area contributed by atoms with Crippen molar-refractivity contribution in [2.24, 2.45) is 11.7 Å². The smallest absolute Gasteiger partial charge is 0.239 e. The van der Waals surface area contributed by atoms with Crippen LogP contribution in [0.15, 0.2) is 48.5 Å². The molecule has 2 aromatic rings. The lowest BCUT2D eigenvalue weighted by Crippen LogP contribution is -2.40. The lowest BCUT2D eigenvalue weighted by atomic mass is 9.95. The zero-order chi connectivity index (χ0) is 19.8. The number of hydrogen-bond acceptors (Lipinski definition) is 3. The van der Waals surface area contributed by atoms with Gasteiger partial charge in [-0.2, -0.15) is 0 Å². The Labute approximate surface area is 173 Å². The molecule has 0 bridgehead atoms. The minimum Gasteiger partial charge on any atom is -0.340 e. The van der Waals surface area contributed by atoms with Gasteiger partial charge in [-0.15, -0.1) is 12.4 Å². The van der Waals surface area contributed by atoms with E-state index in [1.165, 1.54) is 11.0 Å². The van der Waals surface area contributed by atoms with Crippen molar-refractivity contribution in [3.63, 3.8) is 0 Å². The molecule has 0 spiro atoms. The van der Waals surface area contributed by atoms with Crippen LogP contribution in [0.3, 0.4) is 0 Å². The van der Waals surface area contributed by atoms with E-state index in [4.69, 9.17) is 5.73 Å². The highest BCUT2D eigenvalue weighted by Gasteiger charge is 2.43. The number of anilines is 1. The van der Waals surface area contributed by atoms with Gasteiger partial charge in [-0.3, -0.25) is 9.59 Å². The standard InChI is InChI=1S/C21H21F2N3O2.ClH/c22-17-7-6-14(10-18(17)23)26-9-8-15(21(26)28)20(27)25-11-16(19(24)12-25)13-4-2-1-3-5-13;/h1-7,10,15-16,19H,8-9,11-12,24H2;1H/t15?,16-,19+;/m0./s1. The van der Waals surface area contributed by atoms with Crippen LogP contribution in [0.25, 0.3) is 0 Å². The normalized spacial score (nSPS) is 24.0. The molecule has 2 aliphatic heterocycles. The first-order valence-electron chi connectivity index (χ1n) is 9.31. The summed E-state index contributed by atoms with van der Waals surface area (Å²) in [7, 11) is 0. The highest BCUT2D eigenvalue weighted by atomic mass is 35.5. The van der Waals surface area contributed by atoms with Crippen LogP contribution in [-0.2, 0) is 9.59 Å². The zero-order valence-corrected chi connectivity index (χ0v) is 16.4. The summed E-state index contributed by atoms with van der Waals surface area (Å²) in [6.45, 7) is 1.16. The Morgan fingerprint density at radius 3 is 2.45 bits per heavy atom. The maximum atomic E-state index is 13.5. The maximum absolute atomic E-state index is 13.5. The third-order valence-corrected chi connectivity index (χ3v) is 5.62. The largest absolute Gasteiger partial charge is 0.340 e. The second-order valence-corrected chi connectivity index (χ2v) is 7.35. The van der Waals surface area contributed by atoms with Crippen molar-refractivity contribution in [3.8, 4) is 0 Å². The Morgan fingerprint density at radius 2 is 1.76 bits per heavy atom. The van der Waals surface area contributed by atoms with E-state index in [2.05, 4.69) is 0 Å². The Morgan fingerprint density at radius 1 is 1.03 bits per heavy atom. The molecular weight excluding hydrogens is 400 g/mol. The van der Waals surface area contributed by atoms with E-state index in [-0.39, 0.29) is 41.9 Å². The first-order valence-corrected chi connectivity index (χ1v) is 9.31. The Hall–Kier alpha value is -2.51. The molecule has 5 nitrogen and oxygen atoms in total. The Kier molecular flexibility index (Phi) is 6.19. The number of rotatable bonds is 3. The van der Waals surface area contributed by atoms with Gasteiger partial charge in [0, 0.05) is 43.3 Å². The van der Waals surface area contributed by atoms with Gasteiger partial charge in [0.15, 0.2) is 11.6 Å². The molecule has 2 N–H and O–H groups in total. The first kappa shape index (κ1) is 21.2. The van der Waals surface area contributed by atoms with Crippen molar-refractivity contribution in [3.05, 3.63) is 65.7 Å². The van der Waals surface area contributed by atoms with E-state index in [0.717, 1.165) is 17.7 Å². The third-order valence-electron chi connectivity index (χ3n) is 5.62. The van der Waals surface area contributed by atoms with Gasteiger partial charge >= 0.3 is 0 Å². The number of carbonyl (C=O) groups is 2. The molecule has 154 valence electrons. The number of hydrogen-bond donors (Lipinski definition) is 1. The molecule has 4 rings (SSSR count). The number of nitrogens with two attached hydrogens (primary N) is 1. The minimum absolute atomic E-state index is 0. The number of benzene rings is 2. The third kappa shape index (κ3) is 3.97. The van der Waals surface area contributed by atoms with Gasteiger partial charge < -0.3 is 15.5 Å². The molecule has 29 heavy (non-hydrogen) atoms. The van der Waals surface area contributed by atoms with Crippen molar-refractivity contribution < 1.29 is 18.4 Å². The van der Waals surface area contributed by atoms with Crippen LogP contribution in [0, 0.1) is 17.6 Å². The zero-order valence-electron chi connectivity index (χ0n) is 15.6. The molecule has 0 aliphatic carbocycles. The van der Waals surface area contributed by atoms with Crippen LogP contribution < -0.4 is 10.6 Å². The van der Waals surface area contributed by atoms with Crippen LogP contribution in [0.4, 0.5) is 14.5 Å². The fourth-order valence-electron chi connectivity index (χ4n) is 4.10. The molecule has 3 atom stereocenters. The summed E-state index contributed by atoms with van der Waals surface area (Å²) in [4.78, 5) is 28.7. The molecule has 1 unspecified atom stereocenters. The highest BCUT2D eigenvalue weighted by molar-refractivity contribution is 6.09. The Bertz CT molecular complexity index is 912. The summed E-state index contributed by atoms with van der Waals surface area (Å²) in [5.74, 6) is -3.40. The van der Waals surface area contributed by atoms with Crippen LogP contribution in [0.1, 0.15) is 17.9 Å². The highest BCUT2D eigenvalue weighted by Crippen LogP contribution is 2.31. The minimum atomic E-state index is -1.02. The molecule has 0 aromatic heterocycles. The first-order chi connectivity index (χ1) is 13.5. The van der Waals surface area contributed by atoms with Gasteiger partial charge in [0.2, 0.25) is 11.8 Å². The van der Waals surface area contributed by atoms with Gasteiger partial charge in [0.25, 0.3) is 0 Å². The summed E-state index contributed by atoms with van der Waals surface area (Å²) in [5.41, 5.74) is 7.59. The molecule has 0 radical (unpaired) electrons. The molecule has 2 heterocycles. The number of likely N-dealkylation sites (tertiary alicyclic amines) is 1. The molecule has 2 aromatic carbocycles. The number of nitrogens with zero attached hydrogens (tertiary/aromatic N) is 2. The lowest BCUT2D eigenvalue weighted by molar-refractivity contribution is -0.139. The number of halogens is 3. The summed E-state index contributed by atoms with van der Waals surface area (Å²) >= 11 is 0. The number of carbonyl (C=O) groups excluding carboxylic acids is 2. The van der Waals surface area contributed by atoms with Crippen molar-refractivity contribution >= 4 is 29.9 Å². The Balaban J connectivity index is 0.00000240. The van der Waals surface area contributed by atoms with Crippen molar-refractivity contribution in [1.82, 2.24) is 4.90 Å². The second kappa shape index (κ2) is 8.47. The van der Waals surface area contributed by atoms with E-state index in [9.17, 15) is 18.4 Å². The van der Waals surface area contributed by atoms with E-state index < -0.39 is 17.6 Å². The van der Waals surface area contributed by atoms with Gasteiger partial charge in [-0.1, -0.05) is 30.3 Å². The summed E-state index contributed by atoms with van der Waals surface area (Å²) < 4.78 is 26.7. The SMILES string of the molecule is Cl.N[C@@H]1CN(C(=O)C2CCN(c3ccc(F)c(F)c3)C2=O)C[C@H]1c1ccccc1. The average molecular weight is 422 g/mol. The fraction of sp³-hybridized carbons (Fsp3) is 0.333. The van der Waals surface area contributed by atoms with Crippen molar-refractivity contribution in [2.75, 3.05) is 24.5 Å². The monoisotopic (exact) mass is 421 g/mol. The predicted octanol–water partition coefficient (Wildman–Crippen LogP) is 2.69. The summed E-state index contributed by atoms with van der Waals surface area (Å²) in [6, 6.07) is 12.9. The van der Waals surface area contributed by atoms with Crippen LogP contribution in [-0.4, -0.2) is 42.4 Å². The fourth-order valence-corrected chi connectivity index (χ4v) is 4.10. The molecule has 2 fully saturated rings. The van der Waals surface area contributed by atoms with Crippen molar-refractivity contribution in [1.29, 1.82) is 0 Å². The molecular formula is C21H22ClF2N3O2. The molecule has 2 amide bonds. The van der Waals surface area contributed by atoms with Gasteiger partial charge in [-0.25, -0.2) is 8.78 Å². The van der Waals surface area contributed by atoms with Crippen LogP contribution in [0.5, 0.6) is 0 Å². The summed E-state index contributed by atoms with van der Waals surface area (Å²) in [6.07, 6.45) is 0.346. The van der Waals surface area contributed by atoms with E-state index >= 15 is 0 Å². The second-order valence-electron chi connectivity index (χ2n) is 7.35. The topological polar surface area (TPSA) is 66.6 Å². The van der Waals surface area contributed by atoms with Gasteiger partial charge in [-0.05, 0) is 24.1 Å². The maximum Gasteiger partial charge on any atom is 0.239 e. The number of amides is 2.